The van der Waals surface area contributed by atoms with E-state index >= 15 is 0 Å². The van der Waals surface area contributed by atoms with Crippen molar-refractivity contribution in [3.63, 3.8) is 0 Å². The maximum Gasteiger partial charge on any atom is 0.0140 e. The number of hydrogen-bond acceptors (Lipinski definition) is 2. The van der Waals surface area contributed by atoms with Crippen LogP contribution in [0.2, 0.25) is 0 Å². The third-order valence-electron chi connectivity index (χ3n) is 4.97. The number of unbranched alkanes of at least 4 members (excludes halogenated alkanes) is 2. The van der Waals surface area contributed by atoms with Gasteiger partial charge in [-0.25, -0.2) is 0 Å². The van der Waals surface area contributed by atoms with Gasteiger partial charge in [0.2, 0.25) is 0 Å². The second kappa shape index (κ2) is 6.19. The molecule has 2 aliphatic rings. The monoisotopic (exact) mass is 238 g/mol. The van der Waals surface area contributed by atoms with Crippen LogP contribution in [0.3, 0.4) is 0 Å². The summed E-state index contributed by atoms with van der Waals surface area (Å²) >= 11 is 0. The molecular weight excluding hydrogens is 208 g/mol. The largest absolute Gasteiger partial charge is 0.316 e. The van der Waals surface area contributed by atoms with E-state index in [1.807, 2.05) is 0 Å². The lowest BCUT2D eigenvalue weighted by molar-refractivity contribution is 0.155. The van der Waals surface area contributed by atoms with Crippen LogP contribution in [0.4, 0.5) is 0 Å². The van der Waals surface area contributed by atoms with Gasteiger partial charge in [0.25, 0.3) is 0 Å². The molecule has 0 saturated carbocycles. The van der Waals surface area contributed by atoms with Crippen molar-refractivity contribution < 1.29 is 0 Å². The highest BCUT2D eigenvalue weighted by Gasteiger charge is 2.44. The minimum atomic E-state index is 0.803. The molecule has 2 heteroatoms. The van der Waals surface area contributed by atoms with E-state index in [4.69, 9.17) is 0 Å². The van der Waals surface area contributed by atoms with Crippen LogP contribution in [0, 0.1) is 11.8 Å². The highest BCUT2D eigenvalue weighted by Crippen LogP contribution is 2.36. The van der Waals surface area contributed by atoms with E-state index in [1.165, 1.54) is 51.7 Å². The number of likely N-dealkylation sites (tertiary alicyclic amines) is 1. The van der Waals surface area contributed by atoms with Crippen molar-refractivity contribution >= 4 is 0 Å². The number of nitrogens with zero attached hydrogens (tertiary/aromatic N) is 1. The van der Waals surface area contributed by atoms with E-state index in [0.29, 0.717) is 0 Å². The molecule has 2 fully saturated rings. The van der Waals surface area contributed by atoms with E-state index in [2.05, 4.69) is 31.0 Å². The van der Waals surface area contributed by atoms with Crippen LogP contribution in [-0.2, 0) is 0 Å². The third kappa shape index (κ3) is 2.85. The number of hydrogen-bond donors (Lipinski definition) is 1. The summed E-state index contributed by atoms with van der Waals surface area (Å²) in [5.41, 5.74) is 0. The van der Waals surface area contributed by atoms with E-state index in [1.54, 1.807) is 0 Å². The van der Waals surface area contributed by atoms with Crippen LogP contribution in [0.25, 0.3) is 0 Å². The topological polar surface area (TPSA) is 15.3 Å². The quantitative estimate of drug-likeness (QED) is 0.716. The molecule has 100 valence electrons. The molecular formula is C15H30N2. The van der Waals surface area contributed by atoms with Gasteiger partial charge < -0.3 is 5.32 Å². The summed E-state index contributed by atoms with van der Waals surface area (Å²) in [6.45, 7) is 11.0. The van der Waals surface area contributed by atoms with Crippen molar-refractivity contribution in [3.8, 4) is 0 Å². The highest BCUT2D eigenvalue weighted by molar-refractivity contribution is 4.99. The van der Waals surface area contributed by atoms with Crippen LogP contribution >= 0.6 is 0 Å². The van der Waals surface area contributed by atoms with Gasteiger partial charge in [0, 0.05) is 18.6 Å². The van der Waals surface area contributed by atoms with Gasteiger partial charge in [0.15, 0.2) is 0 Å². The molecule has 4 atom stereocenters. The fourth-order valence-electron chi connectivity index (χ4n) is 3.96. The fraction of sp³-hybridized carbons (Fsp3) is 1.00. The standard InChI is InChI=1S/C15H30N2/c1-4-6-7-8-12(3)17-11-13-9-16-10-14(13)15(17)5-2/h12-16H,4-11H2,1-3H3. The third-order valence-corrected chi connectivity index (χ3v) is 4.97. The Balaban J connectivity index is 1.87. The maximum absolute atomic E-state index is 3.57. The zero-order valence-corrected chi connectivity index (χ0v) is 11.9. The molecule has 0 aromatic heterocycles. The minimum absolute atomic E-state index is 0.803. The molecule has 0 spiro atoms. The minimum Gasteiger partial charge on any atom is -0.316 e. The lowest BCUT2D eigenvalue weighted by atomic mass is 9.92. The molecule has 0 amide bonds. The maximum atomic E-state index is 3.57. The lowest BCUT2D eigenvalue weighted by Crippen LogP contribution is -2.41. The first-order valence-electron chi connectivity index (χ1n) is 7.74. The number of rotatable bonds is 6. The first kappa shape index (κ1) is 13.4. The van der Waals surface area contributed by atoms with E-state index < -0.39 is 0 Å². The SMILES string of the molecule is CCCCCC(C)N1CC2CNCC2C1CC. The average Bonchev–Trinajstić information content (AvgIpc) is 2.88. The zero-order valence-electron chi connectivity index (χ0n) is 11.9. The summed E-state index contributed by atoms with van der Waals surface area (Å²) in [5.74, 6) is 1.88. The normalized spacial score (nSPS) is 35.1. The molecule has 2 aliphatic heterocycles. The highest BCUT2D eigenvalue weighted by atomic mass is 15.2. The molecule has 2 nitrogen and oxygen atoms in total. The van der Waals surface area contributed by atoms with Crippen molar-refractivity contribution in [2.75, 3.05) is 19.6 Å². The van der Waals surface area contributed by atoms with Gasteiger partial charge in [-0.2, -0.15) is 0 Å². The van der Waals surface area contributed by atoms with Crippen molar-refractivity contribution in [3.05, 3.63) is 0 Å². The number of fused-ring (bicyclic) bond motifs is 1. The molecule has 0 bridgehead atoms. The zero-order chi connectivity index (χ0) is 12.3. The molecule has 2 rings (SSSR count). The summed E-state index contributed by atoms with van der Waals surface area (Å²) < 4.78 is 0. The smallest absolute Gasteiger partial charge is 0.0140 e. The summed E-state index contributed by atoms with van der Waals surface area (Å²) in [7, 11) is 0. The first-order valence-corrected chi connectivity index (χ1v) is 7.74. The average molecular weight is 238 g/mol. The van der Waals surface area contributed by atoms with Crippen molar-refractivity contribution in [2.45, 2.75) is 65.0 Å². The second-order valence-corrected chi connectivity index (χ2v) is 6.10. The Morgan fingerprint density at radius 1 is 1.24 bits per heavy atom. The summed E-state index contributed by atoms with van der Waals surface area (Å²) in [6.07, 6.45) is 6.90. The predicted octanol–water partition coefficient (Wildman–Crippen LogP) is 2.89. The molecule has 0 radical (unpaired) electrons. The predicted molar refractivity (Wildman–Crippen MR) is 74.2 cm³/mol. The Morgan fingerprint density at radius 2 is 2.06 bits per heavy atom. The molecule has 0 aromatic rings. The van der Waals surface area contributed by atoms with Gasteiger partial charge in [-0.3, -0.25) is 4.90 Å². The molecule has 0 aliphatic carbocycles. The van der Waals surface area contributed by atoms with E-state index in [0.717, 1.165) is 23.9 Å². The van der Waals surface area contributed by atoms with Gasteiger partial charge in [-0.1, -0.05) is 33.1 Å². The molecule has 0 aromatic carbocycles. The van der Waals surface area contributed by atoms with Crippen LogP contribution in [0.1, 0.15) is 52.9 Å². The van der Waals surface area contributed by atoms with Crippen LogP contribution in [-0.4, -0.2) is 36.6 Å². The van der Waals surface area contributed by atoms with Gasteiger partial charge in [-0.05, 0) is 44.7 Å². The molecule has 1 N–H and O–H groups in total. The molecule has 4 unspecified atom stereocenters. The molecule has 17 heavy (non-hydrogen) atoms. The summed E-state index contributed by atoms with van der Waals surface area (Å²) in [4.78, 5) is 2.83. The van der Waals surface area contributed by atoms with Crippen molar-refractivity contribution in [2.24, 2.45) is 11.8 Å². The van der Waals surface area contributed by atoms with Gasteiger partial charge in [0.1, 0.15) is 0 Å². The van der Waals surface area contributed by atoms with Crippen molar-refractivity contribution in [1.82, 2.24) is 10.2 Å². The Bertz CT molecular complexity index is 229. The van der Waals surface area contributed by atoms with E-state index in [9.17, 15) is 0 Å². The Hall–Kier alpha value is -0.0800. The Kier molecular flexibility index (Phi) is 4.87. The summed E-state index contributed by atoms with van der Waals surface area (Å²) in [5, 5.41) is 3.57. The fourth-order valence-corrected chi connectivity index (χ4v) is 3.96. The van der Waals surface area contributed by atoms with Crippen LogP contribution < -0.4 is 5.32 Å². The molecule has 2 saturated heterocycles. The Labute approximate surface area is 107 Å². The molecule has 2 heterocycles. The van der Waals surface area contributed by atoms with Gasteiger partial charge in [-0.15, -0.1) is 0 Å². The lowest BCUT2D eigenvalue weighted by Gasteiger charge is -2.32. The first-order chi connectivity index (χ1) is 8.27. The van der Waals surface area contributed by atoms with Crippen molar-refractivity contribution in [1.29, 1.82) is 0 Å². The van der Waals surface area contributed by atoms with Gasteiger partial charge in [0.05, 0.1) is 0 Å². The van der Waals surface area contributed by atoms with Gasteiger partial charge >= 0.3 is 0 Å². The Morgan fingerprint density at radius 3 is 2.76 bits per heavy atom. The van der Waals surface area contributed by atoms with Crippen LogP contribution in [0.15, 0.2) is 0 Å². The summed E-state index contributed by atoms with van der Waals surface area (Å²) in [6, 6.07) is 1.66. The second-order valence-electron chi connectivity index (χ2n) is 6.10. The number of nitrogens with one attached hydrogen (secondary N) is 1. The van der Waals surface area contributed by atoms with E-state index in [-0.39, 0.29) is 0 Å². The van der Waals surface area contributed by atoms with Crippen LogP contribution in [0.5, 0.6) is 0 Å².